The van der Waals surface area contributed by atoms with Crippen molar-refractivity contribution in [2.75, 3.05) is 0 Å². The Hall–Kier alpha value is -2.08. The summed E-state index contributed by atoms with van der Waals surface area (Å²) >= 11 is 0. The largest absolute Gasteiger partial charge is 0.0851 e. The van der Waals surface area contributed by atoms with Gasteiger partial charge in [0.25, 0.3) is 0 Å². The lowest BCUT2D eigenvalue weighted by Gasteiger charge is -2.19. The Kier molecular flexibility index (Phi) is 15.7. The highest BCUT2D eigenvalue weighted by Crippen LogP contribution is 2.50. The number of hydrogen-bond donors (Lipinski definition) is 0. The van der Waals surface area contributed by atoms with Crippen molar-refractivity contribution in [3.05, 3.63) is 97.2 Å². The molecule has 0 aromatic carbocycles. The van der Waals surface area contributed by atoms with Crippen LogP contribution in [0.3, 0.4) is 0 Å². The van der Waals surface area contributed by atoms with Crippen molar-refractivity contribution in [2.24, 2.45) is 136 Å². The molecule has 0 N–H and O–H groups in total. The van der Waals surface area contributed by atoms with Crippen molar-refractivity contribution < 1.29 is 0 Å². The molecule has 358 valence electrons. The maximum absolute atomic E-state index is 2.43. The minimum Gasteiger partial charge on any atom is -0.0851 e. The first-order valence-corrected chi connectivity index (χ1v) is 28.9. The van der Waals surface area contributed by atoms with Crippen molar-refractivity contribution in [2.45, 2.75) is 171 Å². The van der Waals surface area contributed by atoms with Gasteiger partial charge in [0.05, 0.1) is 0 Å². The Bertz CT molecular complexity index is 1680. The van der Waals surface area contributed by atoms with Gasteiger partial charge >= 0.3 is 0 Å². The van der Waals surface area contributed by atoms with Crippen LogP contribution in [0, 0.1) is 136 Å². The summed E-state index contributed by atoms with van der Waals surface area (Å²) in [5.74, 6) is 21.4. The number of hydrogen-bond acceptors (Lipinski definition) is 0. The Morgan fingerprint density at radius 1 is 0.338 bits per heavy atom. The highest BCUT2D eigenvalue weighted by molar-refractivity contribution is 5.15. The fourth-order valence-electron chi connectivity index (χ4n) is 16.6. The van der Waals surface area contributed by atoms with E-state index >= 15 is 0 Å². The molecule has 8 fully saturated rings. The molecule has 16 aliphatic carbocycles. The van der Waals surface area contributed by atoms with Gasteiger partial charge in [0.15, 0.2) is 0 Å². The standard InChI is InChI=1S/2C9H14.5C8H12.C7H10/c1-6-7(2)9-4-3-8(6)5-9;1-2-8-5-7-3-4-9(8)6-7;1-8-4-2-7(6-8)3-5-8;3*1-6-4-7-2-3-8(6)5-7;1-6-7-2-3-8(6)5-4-7;1-2-7-4-3-6(1)5-7/h3-4,6-9H,5H2,1-2H3;3-4,7-9H,2,5-6H2,1H3;2,4,7H,3,5-6H2,1H3;4*2-3,6-8H,4-5H2,1H3;1-2,6-7H,3-5H2. The first kappa shape index (κ1) is 48.0. The molecule has 0 spiro atoms. The zero-order chi connectivity index (χ0) is 45.2. The van der Waals surface area contributed by atoms with E-state index in [1.165, 1.54) is 116 Å². The van der Waals surface area contributed by atoms with Crippen LogP contribution in [-0.2, 0) is 0 Å². The van der Waals surface area contributed by atoms with Gasteiger partial charge in [0, 0.05) is 0 Å². The average molecular weight is 879 g/mol. The highest BCUT2D eigenvalue weighted by atomic mass is 14.4. The molecule has 8 saturated carbocycles. The third kappa shape index (κ3) is 11.7. The molecule has 0 saturated heterocycles. The molecule has 22 atom stereocenters. The Morgan fingerprint density at radius 3 is 0.892 bits per heavy atom. The zero-order valence-electron chi connectivity index (χ0n) is 43.2. The van der Waals surface area contributed by atoms with Crippen LogP contribution in [0.25, 0.3) is 0 Å². The van der Waals surface area contributed by atoms with Crippen LogP contribution in [0.5, 0.6) is 0 Å². The molecule has 16 aliphatic rings. The number of rotatable bonds is 1. The summed E-state index contributed by atoms with van der Waals surface area (Å²) in [4.78, 5) is 0. The summed E-state index contributed by atoms with van der Waals surface area (Å²) in [6.07, 6.45) is 64.6. The van der Waals surface area contributed by atoms with Crippen molar-refractivity contribution in [3.8, 4) is 0 Å². The number of allylic oxidation sites excluding steroid dienone is 16. The fourth-order valence-corrected chi connectivity index (χ4v) is 16.6. The highest BCUT2D eigenvalue weighted by Gasteiger charge is 2.40. The van der Waals surface area contributed by atoms with Gasteiger partial charge < -0.3 is 0 Å². The predicted molar refractivity (Wildman–Crippen MR) is 281 cm³/mol. The quantitative estimate of drug-likeness (QED) is 0.230. The second-order valence-corrected chi connectivity index (χ2v) is 26.3. The molecule has 22 unspecified atom stereocenters. The second-order valence-electron chi connectivity index (χ2n) is 26.3. The zero-order valence-corrected chi connectivity index (χ0v) is 43.2. The third-order valence-electron chi connectivity index (χ3n) is 21.6. The van der Waals surface area contributed by atoms with Gasteiger partial charge in [0.2, 0.25) is 0 Å². The van der Waals surface area contributed by atoms with Crippen LogP contribution in [0.15, 0.2) is 97.2 Å². The molecule has 0 aromatic rings. The van der Waals surface area contributed by atoms with E-state index < -0.39 is 0 Å². The van der Waals surface area contributed by atoms with E-state index in [4.69, 9.17) is 0 Å². The SMILES string of the molecule is C1=CC2CCC1C2.CC12C=CC(CC1)C2.CC1C2C=CC(C2)C1C.CC1C2C=CC1CC2.CC1CC2C=CC1C2.CC1CC2C=CC1C2.CC1CC2C=CC1C2.CCC1CC2C=CC1C2. The molecule has 0 nitrogen and oxygen atoms in total. The van der Waals surface area contributed by atoms with Gasteiger partial charge in [-0.25, -0.2) is 0 Å². The molecule has 16 bridgehead atoms. The molecular weight excluding hydrogens is 781 g/mol. The molecule has 0 radical (unpaired) electrons. The third-order valence-corrected chi connectivity index (χ3v) is 21.6. The van der Waals surface area contributed by atoms with Gasteiger partial charge in [-0.15, -0.1) is 0 Å². The normalized spacial score (nSPS) is 50.3. The van der Waals surface area contributed by atoms with E-state index in [0.717, 1.165) is 130 Å². The van der Waals surface area contributed by atoms with Gasteiger partial charge in [-0.1, -0.05) is 159 Å². The Balaban J connectivity index is 0.0000000938. The number of fused-ring (bicyclic) bond motifs is 16. The van der Waals surface area contributed by atoms with E-state index in [1.54, 1.807) is 0 Å². The minimum atomic E-state index is 0.630. The summed E-state index contributed by atoms with van der Waals surface area (Å²) in [5.41, 5.74) is 0.630. The van der Waals surface area contributed by atoms with Gasteiger partial charge in [0.1, 0.15) is 0 Å². The lowest BCUT2D eigenvalue weighted by Crippen LogP contribution is -2.12. The molecule has 0 amide bonds. The van der Waals surface area contributed by atoms with Crippen LogP contribution in [-0.4, -0.2) is 0 Å². The molecule has 0 heteroatoms. The van der Waals surface area contributed by atoms with E-state index in [-0.39, 0.29) is 0 Å². The molecular formula is C65H98. The Labute approximate surface area is 402 Å². The van der Waals surface area contributed by atoms with Crippen LogP contribution >= 0.6 is 0 Å². The maximum atomic E-state index is 2.43. The van der Waals surface area contributed by atoms with Gasteiger partial charge in [-0.3, -0.25) is 0 Å². The maximum Gasteiger partial charge on any atom is -0.0141 e. The van der Waals surface area contributed by atoms with Crippen LogP contribution in [0.2, 0.25) is 0 Å². The lowest BCUT2D eigenvalue weighted by atomic mass is 9.86. The monoisotopic (exact) mass is 879 g/mol. The molecule has 16 rings (SSSR count). The molecule has 0 aromatic heterocycles. The summed E-state index contributed by atoms with van der Waals surface area (Å²) < 4.78 is 0. The van der Waals surface area contributed by atoms with Crippen LogP contribution in [0.1, 0.15) is 171 Å². The smallest absolute Gasteiger partial charge is 0.0141 e. The van der Waals surface area contributed by atoms with Gasteiger partial charge in [-0.2, -0.15) is 0 Å². The predicted octanol–water partition coefficient (Wildman–Crippen LogP) is 18.3. The molecule has 0 heterocycles. The fraction of sp³-hybridized carbons (Fsp3) is 0.754. The summed E-state index contributed by atoms with van der Waals surface area (Å²) in [7, 11) is 0. The van der Waals surface area contributed by atoms with Gasteiger partial charge in [-0.05, 0) is 245 Å². The first-order chi connectivity index (χ1) is 31.4. The van der Waals surface area contributed by atoms with Crippen molar-refractivity contribution >= 4 is 0 Å². The molecule has 0 aliphatic heterocycles. The van der Waals surface area contributed by atoms with E-state index in [2.05, 4.69) is 153 Å². The summed E-state index contributed by atoms with van der Waals surface area (Å²) in [5, 5.41) is 0. The lowest BCUT2D eigenvalue weighted by molar-refractivity contribution is 0.364. The van der Waals surface area contributed by atoms with E-state index in [9.17, 15) is 0 Å². The average Bonchev–Trinajstić information content (AvgIpc) is 4.14. The second kappa shape index (κ2) is 21.3. The van der Waals surface area contributed by atoms with Crippen LogP contribution in [0.4, 0.5) is 0 Å². The van der Waals surface area contributed by atoms with E-state index in [0.29, 0.717) is 5.41 Å². The van der Waals surface area contributed by atoms with Crippen molar-refractivity contribution in [1.82, 2.24) is 0 Å². The van der Waals surface area contributed by atoms with Crippen LogP contribution < -0.4 is 0 Å². The van der Waals surface area contributed by atoms with Crippen molar-refractivity contribution in [1.29, 1.82) is 0 Å². The topological polar surface area (TPSA) is 0 Å². The van der Waals surface area contributed by atoms with Crippen molar-refractivity contribution in [3.63, 3.8) is 0 Å². The summed E-state index contributed by atoms with van der Waals surface area (Å²) in [6.45, 7) is 19.0. The molecule has 65 heavy (non-hydrogen) atoms. The first-order valence-electron chi connectivity index (χ1n) is 28.9. The summed E-state index contributed by atoms with van der Waals surface area (Å²) in [6, 6.07) is 0. The Morgan fingerprint density at radius 2 is 0.754 bits per heavy atom. The van der Waals surface area contributed by atoms with E-state index in [1.807, 2.05) is 0 Å². The minimum absolute atomic E-state index is 0.630.